The van der Waals surface area contributed by atoms with Crippen LogP contribution in [-0.4, -0.2) is 13.2 Å². The minimum atomic E-state index is -0.317. The summed E-state index contributed by atoms with van der Waals surface area (Å²) in [6.45, 7) is 1.14. The summed E-state index contributed by atoms with van der Waals surface area (Å²) in [5.74, 6) is 0.868. The second-order valence-electron chi connectivity index (χ2n) is 4.15. The van der Waals surface area contributed by atoms with Crippen molar-refractivity contribution in [3.05, 3.63) is 60.4 Å². The van der Waals surface area contributed by atoms with Crippen molar-refractivity contribution in [1.29, 1.82) is 0 Å². The fourth-order valence-corrected chi connectivity index (χ4v) is 1.65. The Balaban J connectivity index is 1.59. The van der Waals surface area contributed by atoms with Gasteiger partial charge in [-0.25, -0.2) is 4.39 Å². The fraction of sp³-hybridized carbons (Fsp3) is 0.250. The summed E-state index contributed by atoms with van der Waals surface area (Å²) >= 11 is 0. The Bertz CT molecular complexity index is 485. The van der Waals surface area contributed by atoms with Crippen LogP contribution in [0.5, 0.6) is 11.5 Å². The molecule has 0 atom stereocenters. The van der Waals surface area contributed by atoms with Gasteiger partial charge in [0.2, 0.25) is 0 Å². The van der Waals surface area contributed by atoms with E-state index in [1.165, 1.54) is 6.07 Å². The molecule has 0 aromatic heterocycles. The predicted octanol–water partition coefficient (Wildman–Crippen LogP) is 4.06. The Labute approximate surface area is 112 Å². The van der Waals surface area contributed by atoms with Crippen molar-refractivity contribution in [2.75, 3.05) is 13.2 Å². The topological polar surface area (TPSA) is 18.5 Å². The Morgan fingerprint density at radius 2 is 1.37 bits per heavy atom. The molecule has 3 heteroatoms. The second kappa shape index (κ2) is 7.41. The maximum Gasteiger partial charge on any atom is 0.165 e. The van der Waals surface area contributed by atoms with Crippen LogP contribution in [0.1, 0.15) is 12.8 Å². The molecular formula is C16H17FO2. The third kappa shape index (κ3) is 4.62. The zero-order chi connectivity index (χ0) is 13.3. The molecule has 0 bridgehead atoms. The molecule has 0 amide bonds. The number of benzene rings is 2. The molecule has 0 spiro atoms. The Morgan fingerprint density at radius 1 is 0.737 bits per heavy atom. The lowest BCUT2D eigenvalue weighted by atomic mass is 10.3. The molecule has 0 aliphatic heterocycles. The second-order valence-corrected chi connectivity index (χ2v) is 4.15. The molecule has 19 heavy (non-hydrogen) atoms. The normalized spacial score (nSPS) is 10.2. The molecule has 100 valence electrons. The van der Waals surface area contributed by atoms with Crippen LogP contribution in [0.4, 0.5) is 4.39 Å². The number of para-hydroxylation sites is 2. The third-order valence-corrected chi connectivity index (χ3v) is 2.64. The molecule has 2 rings (SSSR count). The molecule has 0 aliphatic carbocycles. The first-order valence-corrected chi connectivity index (χ1v) is 6.41. The number of unbranched alkanes of at least 4 members (excludes halogenated alkanes) is 1. The van der Waals surface area contributed by atoms with Crippen LogP contribution in [0.25, 0.3) is 0 Å². The minimum absolute atomic E-state index is 0.312. The first-order valence-electron chi connectivity index (χ1n) is 6.41. The van der Waals surface area contributed by atoms with Crippen LogP contribution >= 0.6 is 0 Å². The van der Waals surface area contributed by atoms with Crippen molar-refractivity contribution in [3.63, 3.8) is 0 Å². The molecule has 2 nitrogen and oxygen atoms in total. The van der Waals surface area contributed by atoms with Gasteiger partial charge in [0.15, 0.2) is 11.6 Å². The van der Waals surface area contributed by atoms with E-state index in [-0.39, 0.29) is 5.82 Å². The average molecular weight is 260 g/mol. The quantitative estimate of drug-likeness (QED) is 0.699. The van der Waals surface area contributed by atoms with Crippen LogP contribution in [0.2, 0.25) is 0 Å². The summed E-state index contributed by atoms with van der Waals surface area (Å²) in [5, 5.41) is 0. The van der Waals surface area contributed by atoms with Gasteiger partial charge in [0.25, 0.3) is 0 Å². The summed E-state index contributed by atoms with van der Waals surface area (Å²) in [7, 11) is 0. The average Bonchev–Trinajstić information content (AvgIpc) is 2.45. The van der Waals surface area contributed by atoms with Crippen LogP contribution in [0.3, 0.4) is 0 Å². The lowest BCUT2D eigenvalue weighted by Crippen LogP contribution is -2.03. The number of rotatable bonds is 7. The molecular weight excluding hydrogens is 243 g/mol. The molecule has 0 heterocycles. The summed E-state index contributed by atoms with van der Waals surface area (Å²) in [6, 6.07) is 16.1. The van der Waals surface area contributed by atoms with Gasteiger partial charge in [0.1, 0.15) is 5.75 Å². The van der Waals surface area contributed by atoms with Crippen LogP contribution in [0.15, 0.2) is 54.6 Å². The van der Waals surface area contributed by atoms with Crippen molar-refractivity contribution in [2.45, 2.75) is 12.8 Å². The fourth-order valence-electron chi connectivity index (χ4n) is 1.65. The van der Waals surface area contributed by atoms with E-state index in [1.807, 2.05) is 30.3 Å². The standard InChI is InChI=1S/C16H17FO2/c17-15-10-4-5-11-16(15)19-13-7-6-12-18-14-8-2-1-3-9-14/h1-5,8-11H,6-7,12-13H2. The van der Waals surface area contributed by atoms with Gasteiger partial charge in [-0.2, -0.15) is 0 Å². The van der Waals surface area contributed by atoms with E-state index in [0.717, 1.165) is 18.6 Å². The Kier molecular flexibility index (Phi) is 5.23. The van der Waals surface area contributed by atoms with E-state index in [4.69, 9.17) is 9.47 Å². The Hall–Kier alpha value is -2.03. The lowest BCUT2D eigenvalue weighted by molar-refractivity contribution is 0.260. The highest BCUT2D eigenvalue weighted by Crippen LogP contribution is 2.15. The van der Waals surface area contributed by atoms with Gasteiger partial charge in [0, 0.05) is 0 Å². The van der Waals surface area contributed by atoms with E-state index in [2.05, 4.69) is 0 Å². The predicted molar refractivity (Wildman–Crippen MR) is 73.1 cm³/mol. The van der Waals surface area contributed by atoms with E-state index >= 15 is 0 Å². The highest BCUT2D eigenvalue weighted by atomic mass is 19.1. The largest absolute Gasteiger partial charge is 0.494 e. The summed E-state index contributed by atoms with van der Waals surface area (Å²) in [4.78, 5) is 0. The molecule has 2 aromatic rings. The van der Waals surface area contributed by atoms with Gasteiger partial charge in [-0.3, -0.25) is 0 Å². The van der Waals surface area contributed by atoms with Crippen LogP contribution in [0, 0.1) is 5.82 Å². The molecule has 0 aliphatic rings. The van der Waals surface area contributed by atoms with E-state index in [0.29, 0.717) is 19.0 Å². The number of ether oxygens (including phenoxy) is 2. The number of halogens is 1. The minimum Gasteiger partial charge on any atom is -0.494 e. The van der Waals surface area contributed by atoms with Gasteiger partial charge in [0.05, 0.1) is 13.2 Å². The van der Waals surface area contributed by atoms with Crippen molar-refractivity contribution >= 4 is 0 Å². The summed E-state index contributed by atoms with van der Waals surface area (Å²) in [6.07, 6.45) is 1.71. The zero-order valence-corrected chi connectivity index (χ0v) is 10.7. The molecule has 0 fully saturated rings. The highest BCUT2D eigenvalue weighted by molar-refractivity contribution is 5.23. The smallest absolute Gasteiger partial charge is 0.165 e. The molecule has 0 radical (unpaired) electrons. The lowest BCUT2D eigenvalue weighted by Gasteiger charge is -2.08. The monoisotopic (exact) mass is 260 g/mol. The van der Waals surface area contributed by atoms with E-state index in [9.17, 15) is 4.39 Å². The molecule has 2 aromatic carbocycles. The number of hydrogen-bond donors (Lipinski definition) is 0. The van der Waals surface area contributed by atoms with Gasteiger partial charge in [-0.05, 0) is 37.1 Å². The van der Waals surface area contributed by atoms with Crippen molar-refractivity contribution in [1.82, 2.24) is 0 Å². The van der Waals surface area contributed by atoms with Gasteiger partial charge in [-0.1, -0.05) is 30.3 Å². The zero-order valence-electron chi connectivity index (χ0n) is 10.7. The van der Waals surface area contributed by atoms with Gasteiger partial charge < -0.3 is 9.47 Å². The van der Waals surface area contributed by atoms with Crippen molar-refractivity contribution in [2.24, 2.45) is 0 Å². The SMILES string of the molecule is Fc1ccccc1OCCCCOc1ccccc1. The summed E-state index contributed by atoms with van der Waals surface area (Å²) < 4.78 is 24.1. The molecule has 0 unspecified atom stereocenters. The van der Waals surface area contributed by atoms with Gasteiger partial charge >= 0.3 is 0 Å². The first-order chi connectivity index (χ1) is 9.36. The van der Waals surface area contributed by atoms with Gasteiger partial charge in [-0.15, -0.1) is 0 Å². The van der Waals surface area contributed by atoms with Crippen LogP contribution in [-0.2, 0) is 0 Å². The van der Waals surface area contributed by atoms with E-state index in [1.54, 1.807) is 18.2 Å². The summed E-state index contributed by atoms with van der Waals surface area (Å²) in [5.41, 5.74) is 0. The van der Waals surface area contributed by atoms with Crippen LogP contribution < -0.4 is 9.47 Å². The highest BCUT2D eigenvalue weighted by Gasteiger charge is 2.00. The first kappa shape index (κ1) is 13.4. The number of hydrogen-bond acceptors (Lipinski definition) is 2. The Morgan fingerprint density at radius 3 is 2.11 bits per heavy atom. The molecule has 0 saturated heterocycles. The molecule has 0 saturated carbocycles. The third-order valence-electron chi connectivity index (χ3n) is 2.64. The maximum atomic E-state index is 13.2. The van der Waals surface area contributed by atoms with E-state index < -0.39 is 0 Å². The maximum absolute atomic E-state index is 13.2. The van der Waals surface area contributed by atoms with Crippen molar-refractivity contribution in [3.8, 4) is 11.5 Å². The molecule has 0 N–H and O–H groups in total. The van der Waals surface area contributed by atoms with Crippen molar-refractivity contribution < 1.29 is 13.9 Å².